The van der Waals surface area contributed by atoms with E-state index in [1.165, 1.54) is 25.7 Å². The number of pyridine rings is 1. The van der Waals surface area contributed by atoms with Crippen molar-refractivity contribution in [2.24, 2.45) is 11.3 Å². The Morgan fingerprint density at radius 3 is 2.95 bits per heavy atom. The number of thiocarbonyl (C=S) groups is 1. The summed E-state index contributed by atoms with van der Waals surface area (Å²) >= 11 is 5.39. The molecule has 1 aromatic rings. The third-order valence-electron chi connectivity index (χ3n) is 4.64. The predicted molar refractivity (Wildman–Crippen MR) is 81.9 cm³/mol. The Balaban J connectivity index is 1.59. The van der Waals surface area contributed by atoms with E-state index in [0.717, 1.165) is 11.6 Å². The fourth-order valence-corrected chi connectivity index (χ4v) is 3.83. The second-order valence-corrected chi connectivity index (χ2v) is 6.53. The maximum Gasteiger partial charge on any atom is 0.171 e. The van der Waals surface area contributed by atoms with Gasteiger partial charge in [-0.05, 0) is 61.4 Å². The molecule has 2 bridgehead atoms. The largest absolute Gasteiger partial charge is 0.384 e. The van der Waals surface area contributed by atoms with Gasteiger partial charge in [0, 0.05) is 6.04 Å². The molecule has 0 radical (unpaired) electrons. The van der Waals surface area contributed by atoms with E-state index < -0.39 is 0 Å². The van der Waals surface area contributed by atoms with Crippen LogP contribution in [0.25, 0.3) is 0 Å². The molecule has 2 saturated carbocycles. The van der Waals surface area contributed by atoms with Crippen molar-refractivity contribution >= 4 is 28.8 Å². The van der Waals surface area contributed by atoms with Gasteiger partial charge in [0.25, 0.3) is 0 Å². The van der Waals surface area contributed by atoms with E-state index in [-0.39, 0.29) is 0 Å². The lowest BCUT2D eigenvalue weighted by molar-refractivity contribution is 0.262. The van der Waals surface area contributed by atoms with Crippen molar-refractivity contribution in [3.05, 3.63) is 18.3 Å². The smallest absolute Gasteiger partial charge is 0.171 e. The fourth-order valence-electron chi connectivity index (χ4n) is 3.57. The minimum absolute atomic E-state index is 0.426. The van der Waals surface area contributed by atoms with Crippen LogP contribution < -0.4 is 16.4 Å². The Kier molecular flexibility index (Phi) is 3.09. The van der Waals surface area contributed by atoms with Crippen molar-refractivity contribution < 1.29 is 0 Å². The number of aromatic nitrogens is 1. The highest BCUT2D eigenvalue weighted by atomic mass is 32.1. The van der Waals surface area contributed by atoms with Gasteiger partial charge in [0.05, 0.1) is 11.9 Å². The van der Waals surface area contributed by atoms with Crippen LogP contribution in [0.4, 0.5) is 11.5 Å². The highest BCUT2D eigenvalue weighted by molar-refractivity contribution is 7.80. The van der Waals surface area contributed by atoms with Gasteiger partial charge in [-0.15, -0.1) is 0 Å². The van der Waals surface area contributed by atoms with E-state index >= 15 is 0 Å². The zero-order chi connectivity index (χ0) is 13.5. The molecule has 0 aromatic carbocycles. The lowest BCUT2D eigenvalue weighted by Crippen LogP contribution is -2.45. The average molecular weight is 276 g/mol. The van der Waals surface area contributed by atoms with Crippen molar-refractivity contribution in [2.75, 3.05) is 11.1 Å². The summed E-state index contributed by atoms with van der Waals surface area (Å²) in [4.78, 5) is 4.04. The number of rotatable bonds is 2. The van der Waals surface area contributed by atoms with Gasteiger partial charge < -0.3 is 16.4 Å². The molecule has 102 valence electrons. The number of fused-ring (bicyclic) bond motifs is 2. The van der Waals surface area contributed by atoms with Crippen LogP contribution in [0.1, 0.15) is 32.6 Å². The molecular formula is C14H20N4S. The van der Waals surface area contributed by atoms with E-state index in [1.807, 2.05) is 6.07 Å². The number of anilines is 2. The van der Waals surface area contributed by atoms with Gasteiger partial charge in [-0.3, -0.25) is 0 Å². The fraction of sp³-hybridized carbons (Fsp3) is 0.571. The van der Waals surface area contributed by atoms with Gasteiger partial charge in [0.2, 0.25) is 0 Å². The first-order valence-corrected chi connectivity index (χ1v) is 7.25. The molecule has 4 nitrogen and oxygen atoms in total. The highest BCUT2D eigenvalue weighted by Crippen LogP contribution is 2.53. The SMILES string of the molecule is C[C@]12CC[C@H](C[C@@H]1NC(=S)Nc1ccc(N)nc1)C2. The van der Waals surface area contributed by atoms with E-state index in [9.17, 15) is 0 Å². The molecular weight excluding hydrogens is 256 g/mol. The first-order valence-electron chi connectivity index (χ1n) is 6.84. The maximum atomic E-state index is 5.56. The van der Waals surface area contributed by atoms with Crippen molar-refractivity contribution in [3.63, 3.8) is 0 Å². The summed E-state index contributed by atoms with van der Waals surface area (Å²) in [7, 11) is 0. The molecule has 1 heterocycles. The van der Waals surface area contributed by atoms with Crippen molar-refractivity contribution in [2.45, 2.75) is 38.6 Å². The van der Waals surface area contributed by atoms with E-state index in [2.05, 4.69) is 22.5 Å². The van der Waals surface area contributed by atoms with Crippen LogP contribution in [0, 0.1) is 11.3 Å². The molecule has 0 amide bonds. The van der Waals surface area contributed by atoms with Gasteiger partial charge in [0.1, 0.15) is 5.82 Å². The summed E-state index contributed by atoms with van der Waals surface area (Å²) < 4.78 is 0. The standard InChI is InChI=1S/C14H20N4S/c1-14-5-4-9(7-14)6-11(14)18-13(19)17-10-2-3-12(15)16-8-10/h2-3,8-9,11H,4-7H2,1H3,(H2,15,16)(H2,17,18,19)/t9-,11+,14-/m1/s1. The first-order chi connectivity index (χ1) is 9.05. The lowest BCUT2D eigenvalue weighted by Gasteiger charge is -2.33. The topological polar surface area (TPSA) is 63.0 Å². The summed E-state index contributed by atoms with van der Waals surface area (Å²) in [6.07, 6.45) is 7.00. The average Bonchev–Trinajstić information content (AvgIpc) is 2.87. The number of nitrogens with one attached hydrogen (secondary N) is 2. The van der Waals surface area contributed by atoms with Crippen LogP contribution in [0.5, 0.6) is 0 Å². The summed E-state index contributed by atoms with van der Waals surface area (Å²) in [5, 5.41) is 7.34. The van der Waals surface area contributed by atoms with E-state index in [1.54, 1.807) is 12.3 Å². The Bertz CT molecular complexity index is 487. The second-order valence-electron chi connectivity index (χ2n) is 6.12. The summed E-state index contributed by atoms with van der Waals surface area (Å²) in [6.45, 7) is 2.38. The van der Waals surface area contributed by atoms with Crippen LogP contribution >= 0.6 is 12.2 Å². The zero-order valence-corrected chi connectivity index (χ0v) is 12.0. The minimum atomic E-state index is 0.426. The Hall–Kier alpha value is -1.36. The van der Waals surface area contributed by atoms with Gasteiger partial charge in [-0.2, -0.15) is 0 Å². The van der Waals surface area contributed by atoms with Gasteiger partial charge in [-0.25, -0.2) is 4.98 Å². The van der Waals surface area contributed by atoms with Crippen LogP contribution in [0.3, 0.4) is 0 Å². The molecule has 3 atom stereocenters. The normalized spacial score (nSPS) is 32.3. The van der Waals surface area contributed by atoms with Crippen molar-refractivity contribution in [1.29, 1.82) is 0 Å². The molecule has 0 unspecified atom stereocenters. The molecule has 0 spiro atoms. The minimum Gasteiger partial charge on any atom is -0.384 e. The maximum absolute atomic E-state index is 5.56. The molecule has 2 aliphatic carbocycles. The molecule has 0 saturated heterocycles. The van der Waals surface area contributed by atoms with Crippen LogP contribution in [-0.2, 0) is 0 Å². The second kappa shape index (κ2) is 4.63. The van der Waals surface area contributed by atoms with E-state index in [4.69, 9.17) is 18.0 Å². The van der Waals surface area contributed by atoms with Crippen LogP contribution in [0.2, 0.25) is 0 Å². The summed E-state index contributed by atoms with van der Waals surface area (Å²) in [5.74, 6) is 1.41. The summed E-state index contributed by atoms with van der Waals surface area (Å²) in [5.41, 5.74) is 6.86. The van der Waals surface area contributed by atoms with Gasteiger partial charge in [0.15, 0.2) is 5.11 Å². The molecule has 5 heteroatoms. The number of nitrogens with two attached hydrogens (primary N) is 1. The van der Waals surface area contributed by atoms with Crippen LogP contribution in [0.15, 0.2) is 18.3 Å². The van der Waals surface area contributed by atoms with Crippen molar-refractivity contribution in [3.8, 4) is 0 Å². The molecule has 4 N–H and O–H groups in total. The number of hydrogen-bond donors (Lipinski definition) is 3. The lowest BCUT2D eigenvalue weighted by atomic mass is 9.82. The molecule has 2 aliphatic rings. The Morgan fingerprint density at radius 2 is 2.37 bits per heavy atom. The molecule has 3 rings (SSSR count). The molecule has 0 aliphatic heterocycles. The predicted octanol–water partition coefficient (Wildman–Crippen LogP) is 2.53. The number of nitrogens with zero attached hydrogens (tertiary/aromatic N) is 1. The van der Waals surface area contributed by atoms with Gasteiger partial charge >= 0.3 is 0 Å². The summed E-state index contributed by atoms with van der Waals surface area (Å²) in [6, 6.07) is 4.16. The first kappa shape index (κ1) is 12.7. The van der Waals surface area contributed by atoms with Crippen molar-refractivity contribution in [1.82, 2.24) is 10.3 Å². The Morgan fingerprint density at radius 1 is 1.53 bits per heavy atom. The van der Waals surface area contributed by atoms with Gasteiger partial charge in [-0.1, -0.05) is 6.92 Å². The van der Waals surface area contributed by atoms with E-state index in [0.29, 0.717) is 22.4 Å². The monoisotopic (exact) mass is 276 g/mol. The molecule has 1 aromatic heterocycles. The number of nitrogen functional groups attached to an aromatic ring is 1. The quantitative estimate of drug-likeness (QED) is 0.725. The highest BCUT2D eigenvalue weighted by Gasteiger charge is 2.48. The Labute approximate surface area is 119 Å². The number of hydrogen-bond acceptors (Lipinski definition) is 3. The van der Waals surface area contributed by atoms with Crippen LogP contribution in [-0.4, -0.2) is 16.1 Å². The molecule has 2 fully saturated rings. The molecule has 19 heavy (non-hydrogen) atoms. The zero-order valence-electron chi connectivity index (χ0n) is 11.1. The third kappa shape index (κ3) is 2.52. The third-order valence-corrected chi connectivity index (χ3v) is 4.86.